The molecule has 2 aromatic rings. The van der Waals surface area contributed by atoms with Crippen LogP contribution in [0.2, 0.25) is 0 Å². The monoisotopic (exact) mass is 364 g/mol. The van der Waals surface area contributed by atoms with Crippen molar-refractivity contribution in [3.63, 3.8) is 0 Å². The summed E-state index contributed by atoms with van der Waals surface area (Å²) in [6.45, 7) is 2.07. The molecule has 1 aromatic carbocycles. The number of rotatable bonds is 6. The van der Waals surface area contributed by atoms with Crippen LogP contribution in [0.25, 0.3) is 0 Å². The first-order valence-corrected chi connectivity index (χ1v) is 10.3. The van der Waals surface area contributed by atoms with Gasteiger partial charge in [0.2, 0.25) is 0 Å². The minimum Gasteiger partial charge on any atom is -0.273 e. The number of fused-ring (bicyclic) bond motifs is 1. The molecule has 1 aromatic heterocycles. The normalized spacial score (nSPS) is 13.7. The maximum atomic E-state index is 12.3. The Bertz CT molecular complexity index is 818. The number of aryl methyl sites for hydroxylation is 3. The molecule has 0 saturated carbocycles. The lowest BCUT2D eigenvalue weighted by Gasteiger charge is -2.08. The average molecular weight is 364 g/mol. The van der Waals surface area contributed by atoms with Gasteiger partial charge in [0.1, 0.15) is 0 Å². The zero-order chi connectivity index (χ0) is 17.2. The number of hydrogen-bond acceptors (Lipinski definition) is 4. The predicted molar refractivity (Wildman–Crippen MR) is 94.6 cm³/mol. The smallest absolute Gasteiger partial charge is 0.273 e. The Balaban J connectivity index is 1.64. The fourth-order valence-electron chi connectivity index (χ4n) is 2.80. The molecule has 1 aliphatic carbocycles. The molecule has 0 bridgehead atoms. The third kappa shape index (κ3) is 3.68. The van der Waals surface area contributed by atoms with Crippen LogP contribution < -0.4 is 10.3 Å². The van der Waals surface area contributed by atoms with E-state index in [2.05, 4.69) is 17.2 Å². The van der Waals surface area contributed by atoms with Gasteiger partial charge in [-0.2, -0.15) is 0 Å². The Hall–Kier alpha value is -1.70. The number of sulfonamides is 1. The highest BCUT2D eigenvalue weighted by atomic mass is 32.2. The second-order valence-electron chi connectivity index (χ2n) is 5.87. The van der Waals surface area contributed by atoms with Crippen LogP contribution in [0.15, 0.2) is 35.2 Å². The van der Waals surface area contributed by atoms with Gasteiger partial charge in [-0.1, -0.05) is 25.5 Å². The molecule has 5 nitrogen and oxygen atoms in total. The number of benzene rings is 1. The van der Waals surface area contributed by atoms with Crippen molar-refractivity contribution in [1.82, 2.24) is 10.3 Å². The maximum Gasteiger partial charge on any atom is 0.276 e. The van der Waals surface area contributed by atoms with Crippen LogP contribution in [0.5, 0.6) is 0 Å². The van der Waals surface area contributed by atoms with E-state index in [1.807, 2.05) is 6.07 Å². The number of nitrogens with one attached hydrogen (secondary N) is 2. The van der Waals surface area contributed by atoms with Crippen LogP contribution in [0.4, 0.5) is 0 Å². The lowest BCUT2D eigenvalue weighted by Crippen LogP contribution is -2.41. The largest absolute Gasteiger partial charge is 0.276 e. The van der Waals surface area contributed by atoms with E-state index in [1.165, 1.54) is 21.8 Å². The number of hydrogen-bond donors (Lipinski definition) is 2. The summed E-state index contributed by atoms with van der Waals surface area (Å²) in [6.07, 6.45) is 5.04. The molecule has 0 saturated heterocycles. The summed E-state index contributed by atoms with van der Waals surface area (Å²) in [5, 5.41) is 0. The third-order valence-corrected chi connectivity index (χ3v) is 6.54. The summed E-state index contributed by atoms with van der Waals surface area (Å²) in [7, 11) is -3.77. The fraction of sp³-hybridized carbons (Fsp3) is 0.353. The molecule has 3 rings (SSSR count). The Kier molecular flexibility index (Phi) is 5.03. The number of amides is 1. The van der Waals surface area contributed by atoms with E-state index in [-0.39, 0.29) is 4.90 Å². The number of hydrazine groups is 1. The zero-order valence-corrected chi connectivity index (χ0v) is 15.1. The van der Waals surface area contributed by atoms with Gasteiger partial charge in [-0.15, -0.1) is 16.2 Å². The van der Waals surface area contributed by atoms with Crippen LogP contribution in [0.3, 0.4) is 0 Å². The highest BCUT2D eigenvalue weighted by Crippen LogP contribution is 2.30. The van der Waals surface area contributed by atoms with E-state index < -0.39 is 15.9 Å². The average Bonchev–Trinajstić information content (AvgIpc) is 3.15. The molecule has 7 heteroatoms. The molecule has 0 aliphatic heterocycles. The molecular weight excluding hydrogens is 344 g/mol. The number of carbonyl (C=O) groups excluding carboxylic acids is 1. The van der Waals surface area contributed by atoms with Gasteiger partial charge >= 0.3 is 0 Å². The van der Waals surface area contributed by atoms with Gasteiger partial charge in [0.25, 0.3) is 15.9 Å². The lowest BCUT2D eigenvalue weighted by molar-refractivity contribution is 0.0949. The Morgan fingerprint density at radius 3 is 2.62 bits per heavy atom. The fourth-order valence-corrected chi connectivity index (χ4v) is 4.79. The molecule has 1 aliphatic rings. The highest BCUT2D eigenvalue weighted by Gasteiger charge is 2.20. The molecule has 24 heavy (non-hydrogen) atoms. The van der Waals surface area contributed by atoms with Crippen molar-refractivity contribution in [1.29, 1.82) is 0 Å². The zero-order valence-electron chi connectivity index (χ0n) is 13.5. The summed E-state index contributed by atoms with van der Waals surface area (Å²) >= 11 is 1.44. The summed E-state index contributed by atoms with van der Waals surface area (Å²) in [5.74, 6) is -0.416. The minimum absolute atomic E-state index is 0.135. The standard InChI is InChI=1S/C17H20N2O3S2/c1-2-4-12-7-9-14(10-8-12)24(21,22)19-18-17(20)16-11-13-5-3-6-15(13)23-16/h7-11,19H,2-6H2,1H3,(H,18,20). The summed E-state index contributed by atoms with van der Waals surface area (Å²) < 4.78 is 24.5. The Morgan fingerprint density at radius 1 is 1.21 bits per heavy atom. The van der Waals surface area contributed by atoms with E-state index in [1.54, 1.807) is 24.3 Å². The molecular formula is C17H20N2O3S2. The molecule has 1 amide bonds. The summed E-state index contributed by atoms with van der Waals surface area (Å²) in [4.78, 5) is 16.2. The topological polar surface area (TPSA) is 75.3 Å². The first-order chi connectivity index (χ1) is 11.5. The number of carbonyl (C=O) groups is 1. The van der Waals surface area contributed by atoms with E-state index >= 15 is 0 Å². The SMILES string of the molecule is CCCc1ccc(S(=O)(=O)NNC(=O)c2cc3c(s2)CCC3)cc1. The minimum atomic E-state index is -3.77. The van der Waals surface area contributed by atoms with Gasteiger partial charge in [0, 0.05) is 4.88 Å². The van der Waals surface area contributed by atoms with Crippen LogP contribution in [-0.2, 0) is 29.3 Å². The van der Waals surface area contributed by atoms with Crippen molar-refractivity contribution in [2.24, 2.45) is 0 Å². The first-order valence-electron chi connectivity index (χ1n) is 8.02. The van der Waals surface area contributed by atoms with Crippen molar-refractivity contribution in [3.05, 3.63) is 51.2 Å². The van der Waals surface area contributed by atoms with E-state index in [0.29, 0.717) is 4.88 Å². The van der Waals surface area contributed by atoms with Gasteiger partial charge in [0.15, 0.2) is 0 Å². The highest BCUT2D eigenvalue weighted by molar-refractivity contribution is 7.89. The van der Waals surface area contributed by atoms with Crippen molar-refractivity contribution < 1.29 is 13.2 Å². The first kappa shape index (κ1) is 17.1. The van der Waals surface area contributed by atoms with Crippen molar-refractivity contribution in [2.75, 3.05) is 0 Å². The van der Waals surface area contributed by atoms with Crippen LogP contribution in [0.1, 0.15) is 45.4 Å². The van der Waals surface area contributed by atoms with Crippen LogP contribution >= 0.6 is 11.3 Å². The molecule has 1 heterocycles. The quantitative estimate of drug-likeness (QED) is 0.774. The summed E-state index contributed by atoms with van der Waals surface area (Å²) in [6, 6.07) is 8.56. The van der Waals surface area contributed by atoms with Gasteiger partial charge < -0.3 is 0 Å². The van der Waals surface area contributed by atoms with E-state index in [9.17, 15) is 13.2 Å². The molecule has 0 atom stereocenters. The predicted octanol–water partition coefficient (Wildman–Crippen LogP) is 2.81. The molecule has 128 valence electrons. The number of thiophene rings is 1. The Morgan fingerprint density at radius 2 is 1.96 bits per heavy atom. The van der Waals surface area contributed by atoms with Gasteiger partial charge in [-0.05, 0) is 55.0 Å². The van der Waals surface area contributed by atoms with Gasteiger partial charge in [-0.25, -0.2) is 8.42 Å². The molecule has 0 spiro atoms. The van der Waals surface area contributed by atoms with Gasteiger partial charge in [0.05, 0.1) is 9.77 Å². The lowest BCUT2D eigenvalue weighted by atomic mass is 10.1. The second kappa shape index (κ2) is 7.04. The molecule has 0 unspecified atom stereocenters. The van der Waals surface area contributed by atoms with E-state index in [0.717, 1.165) is 37.7 Å². The maximum absolute atomic E-state index is 12.3. The van der Waals surface area contributed by atoms with Crippen molar-refractivity contribution >= 4 is 27.3 Å². The Labute approximate surface area is 146 Å². The van der Waals surface area contributed by atoms with Gasteiger partial charge in [-0.3, -0.25) is 10.2 Å². The molecule has 0 fully saturated rings. The van der Waals surface area contributed by atoms with Crippen molar-refractivity contribution in [3.8, 4) is 0 Å². The molecule has 2 N–H and O–H groups in total. The third-order valence-electron chi connectivity index (χ3n) is 4.04. The van der Waals surface area contributed by atoms with E-state index in [4.69, 9.17) is 0 Å². The van der Waals surface area contributed by atoms with Crippen molar-refractivity contribution in [2.45, 2.75) is 43.9 Å². The van der Waals surface area contributed by atoms with Crippen LogP contribution in [0, 0.1) is 0 Å². The summed E-state index contributed by atoms with van der Waals surface area (Å²) in [5.41, 5.74) is 4.60. The second-order valence-corrected chi connectivity index (χ2v) is 8.69. The van der Waals surface area contributed by atoms with Crippen LogP contribution in [-0.4, -0.2) is 14.3 Å². The molecule has 0 radical (unpaired) electrons.